The minimum Gasteiger partial charge on any atom is -0.376 e. The topological polar surface area (TPSA) is 62.6 Å². The summed E-state index contributed by atoms with van der Waals surface area (Å²) in [6.45, 7) is 5.94. The number of aromatic nitrogens is 2. The smallest absolute Gasteiger partial charge is 0.272 e. The summed E-state index contributed by atoms with van der Waals surface area (Å²) in [5.74, 6) is -0.138. The van der Waals surface area contributed by atoms with Crippen LogP contribution in [-0.4, -0.2) is 60.4 Å². The molecule has 1 saturated heterocycles. The Labute approximate surface area is 159 Å². The van der Waals surface area contributed by atoms with Gasteiger partial charge in [0, 0.05) is 63.1 Å². The Hall–Kier alpha value is -2.38. The maximum Gasteiger partial charge on any atom is 0.272 e. The Morgan fingerprint density at radius 3 is 2.63 bits per heavy atom. The van der Waals surface area contributed by atoms with Crippen molar-refractivity contribution in [3.8, 4) is 0 Å². The number of anilines is 1. The molecule has 0 spiro atoms. The van der Waals surface area contributed by atoms with E-state index in [2.05, 4.69) is 51.5 Å². The Morgan fingerprint density at radius 2 is 1.89 bits per heavy atom. The summed E-state index contributed by atoms with van der Waals surface area (Å²) < 4.78 is 7.30. The van der Waals surface area contributed by atoms with Gasteiger partial charge in [0.25, 0.3) is 5.91 Å². The molecule has 0 radical (unpaired) electrons. The van der Waals surface area contributed by atoms with Crippen LogP contribution in [0.2, 0.25) is 0 Å². The quantitative estimate of drug-likeness (QED) is 0.877. The first-order chi connectivity index (χ1) is 13.1. The number of rotatable bonds is 4. The van der Waals surface area contributed by atoms with E-state index in [1.807, 2.05) is 7.05 Å². The van der Waals surface area contributed by atoms with Gasteiger partial charge in [-0.3, -0.25) is 9.48 Å². The molecular formula is C20H27N5O2. The van der Waals surface area contributed by atoms with Crippen molar-refractivity contribution in [3.05, 3.63) is 46.8 Å². The number of nitrogens with zero attached hydrogens (tertiary/aromatic N) is 4. The zero-order valence-corrected chi connectivity index (χ0v) is 16.1. The maximum atomic E-state index is 12.6. The zero-order chi connectivity index (χ0) is 18.8. The molecule has 0 unspecified atom stereocenters. The number of piperazine rings is 1. The van der Waals surface area contributed by atoms with E-state index in [1.54, 1.807) is 4.68 Å². The third-order valence-corrected chi connectivity index (χ3v) is 5.48. The summed E-state index contributed by atoms with van der Waals surface area (Å²) >= 11 is 0. The fraction of sp³-hybridized carbons (Fsp3) is 0.500. The molecule has 7 nitrogen and oxygen atoms in total. The van der Waals surface area contributed by atoms with Crippen LogP contribution in [0.4, 0.5) is 5.69 Å². The number of carbonyl (C=O) groups excluding carboxylic acids is 1. The number of ether oxygens (including phenoxy) is 1. The minimum atomic E-state index is -0.138. The van der Waals surface area contributed by atoms with Crippen LogP contribution in [0.3, 0.4) is 0 Å². The second kappa shape index (κ2) is 7.70. The predicted molar refractivity (Wildman–Crippen MR) is 104 cm³/mol. The molecule has 2 aromatic rings. The van der Waals surface area contributed by atoms with Gasteiger partial charge in [-0.2, -0.15) is 5.10 Å². The van der Waals surface area contributed by atoms with Gasteiger partial charge in [-0.1, -0.05) is 12.1 Å². The molecule has 1 fully saturated rings. The van der Waals surface area contributed by atoms with Crippen molar-refractivity contribution in [2.45, 2.75) is 19.6 Å². The number of nitrogens with one attached hydrogen (secondary N) is 1. The van der Waals surface area contributed by atoms with Gasteiger partial charge in [-0.15, -0.1) is 0 Å². The van der Waals surface area contributed by atoms with Crippen molar-refractivity contribution in [3.63, 3.8) is 0 Å². The van der Waals surface area contributed by atoms with E-state index in [9.17, 15) is 4.79 Å². The molecule has 1 N–H and O–H groups in total. The molecule has 3 heterocycles. The summed E-state index contributed by atoms with van der Waals surface area (Å²) in [7, 11) is 4.05. The zero-order valence-electron chi connectivity index (χ0n) is 16.1. The Balaban J connectivity index is 1.37. The number of amides is 1. The monoisotopic (exact) mass is 369 g/mol. The van der Waals surface area contributed by atoms with Gasteiger partial charge in [0.15, 0.2) is 5.69 Å². The second-order valence-corrected chi connectivity index (χ2v) is 7.34. The van der Waals surface area contributed by atoms with E-state index in [0.29, 0.717) is 25.5 Å². The molecule has 0 aliphatic carbocycles. The fourth-order valence-corrected chi connectivity index (χ4v) is 3.75. The van der Waals surface area contributed by atoms with Crippen molar-refractivity contribution >= 4 is 11.6 Å². The highest BCUT2D eigenvalue weighted by molar-refractivity contribution is 5.94. The Kier molecular flexibility index (Phi) is 5.13. The molecule has 0 atom stereocenters. The van der Waals surface area contributed by atoms with Crippen molar-refractivity contribution < 1.29 is 9.53 Å². The minimum absolute atomic E-state index is 0.138. The summed E-state index contributed by atoms with van der Waals surface area (Å²) in [6.07, 6.45) is 0.805. The van der Waals surface area contributed by atoms with Gasteiger partial charge >= 0.3 is 0 Å². The van der Waals surface area contributed by atoms with Crippen LogP contribution in [0.25, 0.3) is 0 Å². The highest BCUT2D eigenvalue weighted by atomic mass is 16.5. The second-order valence-electron chi connectivity index (χ2n) is 7.34. The number of benzene rings is 1. The fourth-order valence-electron chi connectivity index (χ4n) is 3.75. The van der Waals surface area contributed by atoms with Crippen molar-refractivity contribution in [2.24, 2.45) is 7.05 Å². The van der Waals surface area contributed by atoms with Gasteiger partial charge < -0.3 is 19.9 Å². The van der Waals surface area contributed by atoms with E-state index >= 15 is 0 Å². The normalized spacial score (nSPS) is 17.6. The average molecular weight is 369 g/mol. The van der Waals surface area contributed by atoms with Gasteiger partial charge in [0.2, 0.25) is 0 Å². The first-order valence-corrected chi connectivity index (χ1v) is 9.55. The molecule has 2 aliphatic rings. The van der Waals surface area contributed by atoms with E-state index in [0.717, 1.165) is 49.4 Å². The number of fused-ring (bicyclic) bond motifs is 1. The van der Waals surface area contributed by atoms with Gasteiger partial charge in [0.05, 0.1) is 13.2 Å². The lowest BCUT2D eigenvalue weighted by Gasteiger charge is -2.34. The SMILES string of the molecule is CN1CCN(c2ccc(CNC(=O)c3nn(C)c4c3COCC4)cc2)CC1. The summed E-state index contributed by atoms with van der Waals surface area (Å²) in [5.41, 5.74) is 4.84. The average Bonchev–Trinajstić information content (AvgIpc) is 3.04. The van der Waals surface area contributed by atoms with Crippen LogP contribution in [0, 0.1) is 0 Å². The van der Waals surface area contributed by atoms with Gasteiger partial charge in [-0.25, -0.2) is 0 Å². The first-order valence-electron chi connectivity index (χ1n) is 9.55. The predicted octanol–water partition coefficient (Wildman–Crippen LogP) is 1.17. The van der Waals surface area contributed by atoms with E-state index in [4.69, 9.17) is 4.74 Å². The van der Waals surface area contributed by atoms with Crippen LogP contribution >= 0.6 is 0 Å². The molecule has 0 saturated carbocycles. The molecule has 27 heavy (non-hydrogen) atoms. The number of hydrogen-bond donors (Lipinski definition) is 1. The molecule has 144 valence electrons. The number of likely N-dealkylation sites (N-methyl/N-ethyl adjacent to an activating group) is 1. The van der Waals surface area contributed by atoms with Gasteiger partial charge in [-0.05, 0) is 24.7 Å². The van der Waals surface area contributed by atoms with Crippen LogP contribution in [0.5, 0.6) is 0 Å². The van der Waals surface area contributed by atoms with Crippen molar-refractivity contribution in [1.82, 2.24) is 20.0 Å². The molecular weight excluding hydrogens is 342 g/mol. The van der Waals surface area contributed by atoms with E-state index < -0.39 is 0 Å². The molecule has 1 amide bonds. The summed E-state index contributed by atoms with van der Waals surface area (Å²) in [5, 5.41) is 7.39. The van der Waals surface area contributed by atoms with E-state index in [1.165, 1.54) is 5.69 Å². The van der Waals surface area contributed by atoms with Gasteiger partial charge in [0.1, 0.15) is 0 Å². The molecule has 1 aromatic carbocycles. The lowest BCUT2D eigenvalue weighted by molar-refractivity contribution is 0.0922. The van der Waals surface area contributed by atoms with Crippen molar-refractivity contribution in [2.75, 3.05) is 44.7 Å². The van der Waals surface area contributed by atoms with Crippen LogP contribution < -0.4 is 10.2 Å². The van der Waals surface area contributed by atoms with E-state index in [-0.39, 0.29) is 5.91 Å². The van der Waals surface area contributed by atoms with Crippen LogP contribution in [0.1, 0.15) is 27.3 Å². The Morgan fingerprint density at radius 1 is 1.15 bits per heavy atom. The third kappa shape index (κ3) is 3.84. The highest BCUT2D eigenvalue weighted by Gasteiger charge is 2.24. The Bertz CT molecular complexity index is 807. The lowest BCUT2D eigenvalue weighted by Crippen LogP contribution is -2.44. The number of aryl methyl sites for hydroxylation is 1. The highest BCUT2D eigenvalue weighted by Crippen LogP contribution is 2.20. The molecule has 4 rings (SSSR count). The summed E-state index contributed by atoms with van der Waals surface area (Å²) in [6, 6.07) is 8.46. The maximum absolute atomic E-state index is 12.6. The first kappa shape index (κ1) is 18.0. The number of carbonyl (C=O) groups is 1. The molecule has 1 aromatic heterocycles. The molecule has 2 aliphatic heterocycles. The van der Waals surface area contributed by atoms with Crippen LogP contribution in [0.15, 0.2) is 24.3 Å². The van der Waals surface area contributed by atoms with Crippen molar-refractivity contribution in [1.29, 1.82) is 0 Å². The largest absolute Gasteiger partial charge is 0.376 e. The standard InChI is InChI=1S/C20H27N5O2/c1-23-8-10-25(11-9-23)16-5-3-15(4-6-16)13-21-20(26)19-17-14-27-12-7-18(17)24(2)22-19/h3-6H,7-14H2,1-2H3,(H,21,26). The molecule has 7 heteroatoms. The third-order valence-electron chi connectivity index (χ3n) is 5.48. The lowest BCUT2D eigenvalue weighted by atomic mass is 10.1. The summed E-state index contributed by atoms with van der Waals surface area (Å²) in [4.78, 5) is 17.3. The molecule has 0 bridgehead atoms. The number of hydrogen-bond acceptors (Lipinski definition) is 5. The van der Waals surface area contributed by atoms with Crippen LogP contribution in [-0.2, 0) is 31.4 Å².